The molecule has 0 bridgehead atoms. The topological polar surface area (TPSA) is 21.3 Å². The minimum Gasteiger partial charge on any atom is -0.492 e. The number of hydrogen-bond acceptors (Lipinski definition) is 2. The molecule has 4 heteroatoms. The summed E-state index contributed by atoms with van der Waals surface area (Å²) in [6, 6.07) is 4.05. The van der Waals surface area contributed by atoms with Crippen LogP contribution in [0.2, 0.25) is 10.0 Å². The van der Waals surface area contributed by atoms with Crippen LogP contribution in [0.4, 0.5) is 0 Å². The van der Waals surface area contributed by atoms with Crippen LogP contribution in [-0.2, 0) is 0 Å². The molecule has 1 aromatic rings. The van der Waals surface area contributed by atoms with E-state index in [4.69, 9.17) is 34.4 Å². The molecule has 0 fully saturated rings. The average Bonchev–Trinajstić information content (AvgIpc) is 2.30. The van der Waals surface area contributed by atoms with Gasteiger partial charge in [-0.25, -0.2) is 0 Å². The zero-order valence-electron chi connectivity index (χ0n) is 10.2. The Morgan fingerprint density at radius 1 is 1.56 bits per heavy atom. The molecule has 2 rings (SSSR count). The lowest BCUT2D eigenvalue weighted by molar-refractivity contribution is 0.246. The third kappa shape index (κ3) is 2.92. The molecule has 18 heavy (non-hydrogen) atoms. The third-order valence-corrected chi connectivity index (χ3v) is 3.47. The Balaban J connectivity index is 2.25. The second-order valence-corrected chi connectivity index (χ2v) is 5.32. The van der Waals surface area contributed by atoms with Crippen LogP contribution in [-0.4, -0.2) is 12.6 Å². The van der Waals surface area contributed by atoms with Gasteiger partial charge < -0.3 is 10.1 Å². The van der Waals surface area contributed by atoms with Crippen molar-refractivity contribution >= 4 is 23.2 Å². The molecule has 0 spiro atoms. The Morgan fingerprint density at radius 2 is 2.33 bits per heavy atom. The van der Waals surface area contributed by atoms with Gasteiger partial charge in [-0.2, -0.15) is 0 Å². The third-order valence-electron chi connectivity index (χ3n) is 2.98. The molecule has 1 aliphatic rings. The molecule has 0 saturated carbocycles. The highest BCUT2D eigenvalue weighted by atomic mass is 35.5. The molecule has 1 N–H and O–H groups in total. The highest BCUT2D eigenvalue weighted by Gasteiger charge is 2.25. The minimum absolute atomic E-state index is 0.188. The summed E-state index contributed by atoms with van der Waals surface area (Å²) in [4.78, 5) is 0. The first-order chi connectivity index (χ1) is 8.61. The molecule has 0 aliphatic carbocycles. The fraction of sp³-hybridized carbons (Fsp3) is 0.429. The van der Waals surface area contributed by atoms with E-state index in [2.05, 4.69) is 18.2 Å². The first-order valence-electron chi connectivity index (χ1n) is 5.93. The minimum atomic E-state index is 0.188. The zero-order chi connectivity index (χ0) is 13.1. The maximum atomic E-state index is 6.14. The average molecular weight is 284 g/mol. The van der Waals surface area contributed by atoms with Gasteiger partial charge in [0.15, 0.2) is 0 Å². The predicted octanol–water partition coefficient (Wildman–Crippen LogP) is 3.82. The lowest BCUT2D eigenvalue weighted by atomic mass is 9.99. The van der Waals surface area contributed by atoms with Crippen LogP contribution in [0.1, 0.15) is 31.4 Å². The van der Waals surface area contributed by atoms with Crippen molar-refractivity contribution in [3.8, 4) is 18.1 Å². The maximum absolute atomic E-state index is 6.14. The van der Waals surface area contributed by atoms with Gasteiger partial charge in [0.05, 0.1) is 11.6 Å². The van der Waals surface area contributed by atoms with Crippen molar-refractivity contribution in [2.24, 2.45) is 0 Å². The van der Waals surface area contributed by atoms with E-state index in [0.717, 1.165) is 17.7 Å². The SMILES string of the molecule is C#CCC(C)NC1CCOc2c(Cl)cc(Cl)cc21. The molecule has 2 unspecified atom stereocenters. The second kappa shape index (κ2) is 5.84. The van der Waals surface area contributed by atoms with Crippen LogP contribution in [0, 0.1) is 12.3 Å². The van der Waals surface area contributed by atoms with Crippen molar-refractivity contribution in [3.63, 3.8) is 0 Å². The lowest BCUT2D eigenvalue weighted by Gasteiger charge is -2.29. The summed E-state index contributed by atoms with van der Waals surface area (Å²) >= 11 is 12.2. The van der Waals surface area contributed by atoms with Crippen molar-refractivity contribution in [2.75, 3.05) is 6.61 Å². The first kappa shape index (κ1) is 13.5. The lowest BCUT2D eigenvalue weighted by Crippen LogP contribution is -2.33. The summed E-state index contributed by atoms with van der Waals surface area (Å²) in [6.07, 6.45) is 6.90. The van der Waals surface area contributed by atoms with Crippen molar-refractivity contribution in [2.45, 2.75) is 31.8 Å². The Bertz CT molecular complexity index is 481. The van der Waals surface area contributed by atoms with Crippen molar-refractivity contribution < 1.29 is 4.74 Å². The normalized spacial score (nSPS) is 19.6. The van der Waals surface area contributed by atoms with Gasteiger partial charge >= 0.3 is 0 Å². The number of terminal acetylenes is 1. The van der Waals surface area contributed by atoms with E-state index < -0.39 is 0 Å². The van der Waals surface area contributed by atoms with Gasteiger partial charge in [-0.1, -0.05) is 23.2 Å². The Labute approximate surface area is 118 Å². The standard InChI is InChI=1S/C14H15Cl2NO/c1-3-4-9(2)17-13-5-6-18-14-11(13)7-10(15)8-12(14)16/h1,7-9,13,17H,4-6H2,2H3. The molecule has 96 valence electrons. The van der Waals surface area contributed by atoms with Crippen molar-refractivity contribution in [1.82, 2.24) is 5.32 Å². The summed E-state index contributed by atoms with van der Waals surface area (Å²) in [7, 11) is 0. The van der Waals surface area contributed by atoms with Crippen LogP contribution in [0.25, 0.3) is 0 Å². The Morgan fingerprint density at radius 3 is 3.06 bits per heavy atom. The fourth-order valence-electron chi connectivity index (χ4n) is 2.18. The molecule has 2 atom stereocenters. The highest BCUT2D eigenvalue weighted by molar-refractivity contribution is 6.35. The quantitative estimate of drug-likeness (QED) is 0.852. The van der Waals surface area contributed by atoms with Crippen molar-refractivity contribution in [3.05, 3.63) is 27.7 Å². The molecule has 1 heterocycles. The van der Waals surface area contributed by atoms with E-state index in [1.807, 2.05) is 6.07 Å². The fourth-order valence-corrected chi connectivity index (χ4v) is 2.74. The smallest absolute Gasteiger partial charge is 0.142 e. The highest BCUT2D eigenvalue weighted by Crippen LogP contribution is 2.40. The van der Waals surface area contributed by atoms with Gasteiger partial charge in [-0.15, -0.1) is 12.3 Å². The van der Waals surface area contributed by atoms with Gasteiger partial charge in [0.2, 0.25) is 0 Å². The Hall–Kier alpha value is -0.880. The summed E-state index contributed by atoms with van der Waals surface area (Å²) in [6.45, 7) is 2.72. The predicted molar refractivity (Wildman–Crippen MR) is 75.4 cm³/mol. The largest absolute Gasteiger partial charge is 0.492 e. The van der Waals surface area contributed by atoms with Gasteiger partial charge in [-0.3, -0.25) is 0 Å². The van der Waals surface area contributed by atoms with Gasteiger partial charge in [0, 0.05) is 35.5 Å². The zero-order valence-corrected chi connectivity index (χ0v) is 11.7. The number of benzene rings is 1. The van der Waals surface area contributed by atoms with Crippen LogP contribution >= 0.6 is 23.2 Å². The molecule has 2 nitrogen and oxygen atoms in total. The van der Waals surface area contributed by atoms with E-state index in [9.17, 15) is 0 Å². The van der Waals surface area contributed by atoms with Gasteiger partial charge in [-0.05, 0) is 19.1 Å². The van der Waals surface area contributed by atoms with E-state index >= 15 is 0 Å². The van der Waals surface area contributed by atoms with E-state index in [0.29, 0.717) is 23.1 Å². The second-order valence-electron chi connectivity index (χ2n) is 4.47. The summed E-state index contributed by atoms with van der Waals surface area (Å²) in [5.74, 6) is 3.39. The molecule has 0 saturated heterocycles. The number of rotatable bonds is 3. The van der Waals surface area contributed by atoms with Crippen LogP contribution in [0.5, 0.6) is 5.75 Å². The Kier molecular flexibility index (Phi) is 4.40. The molecular weight excluding hydrogens is 269 g/mol. The van der Waals surface area contributed by atoms with Crippen molar-refractivity contribution in [1.29, 1.82) is 0 Å². The summed E-state index contributed by atoms with van der Waals surface area (Å²) in [5, 5.41) is 4.68. The molecule has 0 aromatic heterocycles. The summed E-state index contributed by atoms with van der Waals surface area (Å²) < 4.78 is 5.61. The molecule has 1 aliphatic heterocycles. The molecule has 0 radical (unpaired) electrons. The van der Waals surface area contributed by atoms with E-state index in [-0.39, 0.29) is 12.1 Å². The molecule has 0 amide bonds. The molecule has 1 aromatic carbocycles. The number of nitrogens with one attached hydrogen (secondary N) is 1. The van der Waals surface area contributed by atoms with Gasteiger partial charge in [0.25, 0.3) is 0 Å². The van der Waals surface area contributed by atoms with Crippen LogP contribution in [0.3, 0.4) is 0 Å². The van der Waals surface area contributed by atoms with E-state index in [1.54, 1.807) is 6.07 Å². The first-order valence-corrected chi connectivity index (χ1v) is 6.68. The maximum Gasteiger partial charge on any atom is 0.142 e. The number of ether oxygens (including phenoxy) is 1. The molecular formula is C14H15Cl2NO. The monoisotopic (exact) mass is 283 g/mol. The van der Waals surface area contributed by atoms with Gasteiger partial charge in [0.1, 0.15) is 5.75 Å². The number of halogens is 2. The number of hydrogen-bond donors (Lipinski definition) is 1. The van der Waals surface area contributed by atoms with Crippen LogP contribution < -0.4 is 10.1 Å². The summed E-state index contributed by atoms with van der Waals surface area (Å²) in [5.41, 5.74) is 1.02. The number of fused-ring (bicyclic) bond motifs is 1. The van der Waals surface area contributed by atoms with E-state index in [1.165, 1.54) is 0 Å². The van der Waals surface area contributed by atoms with Crippen LogP contribution in [0.15, 0.2) is 12.1 Å².